The van der Waals surface area contributed by atoms with E-state index in [9.17, 15) is 13.2 Å². The van der Waals surface area contributed by atoms with E-state index in [0.29, 0.717) is 48.5 Å². The maximum absolute atomic E-state index is 13.4. The molecule has 1 N–H and O–H groups in total. The van der Waals surface area contributed by atoms with Gasteiger partial charge in [0.05, 0.1) is 63.0 Å². The number of hydrogen-bond donors (Lipinski definition) is 1. The topological polar surface area (TPSA) is 110 Å². The van der Waals surface area contributed by atoms with Crippen LogP contribution in [0.4, 0.5) is 0 Å². The number of aromatic amines is 1. The average molecular weight is 617 g/mol. The molecule has 1 saturated heterocycles. The first-order valence-electron chi connectivity index (χ1n) is 11.6. The van der Waals surface area contributed by atoms with Gasteiger partial charge in [0.25, 0.3) is 5.56 Å². The van der Waals surface area contributed by atoms with Crippen LogP contribution in [0.1, 0.15) is 26.0 Å². The number of sulfonamides is 1. The molecular weight excluding hydrogens is 583 g/mol. The highest BCUT2D eigenvalue weighted by atomic mass is 127. The van der Waals surface area contributed by atoms with Gasteiger partial charge in [0.2, 0.25) is 10.0 Å². The molecule has 0 unspecified atom stereocenters. The van der Waals surface area contributed by atoms with Crippen molar-refractivity contribution in [2.24, 2.45) is 7.05 Å². The summed E-state index contributed by atoms with van der Waals surface area (Å²) in [6, 6.07) is 4.74. The summed E-state index contributed by atoms with van der Waals surface area (Å²) in [6.45, 7) is 6.67. The SMILES string of the molecule is CCCc1nn(C)c2c(=O)[nH]c(-c3cc(S(=O)(=O)N4CC[N+](C)(C)CC4)ccc3OCC)nc12.[I-]. The maximum atomic E-state index is 13.4. The van der Waals surface area contributed by atoms with E-state index in [0.717, 1.165) is 29.7 Å². The van der Waals surface area contributed by atoms with Crippen molar-refractivity contribution in [3.05, 3.63) is 34.2 Å². The number of aryl methyl sites for hydroxylation is 2. The van der Waals surface area contributed by atoms with E-state index < -0.39 is 10.0 Å². The molecule has 192 valence electrons. The molecule has 0 spiro atoms. The lowest BCUT2D eigenvalue weighted by Gasteiger charge is -2.38. The average Bonchev–Trinajstić information content (AvgIpc) is 3.09. The lowest BCUT2D eigenvalue weighted by atomic mass is 10.1. The molecule has 0 radical (unpaired) electrons. The number of nitrogens with one attached hydrogen (secondary N) is 1. The number of benzene rings is 1. The minimum absolute atomic E-state index is 0. The number of H-pyrrole nitrogens is 1. The minimum Gasteiger partial charge on any atom is -1.00 e. The first-order chi connectivity index (χ1) is 16.1. The lowest BCUT2D eigenvalue weighted by Crippen LogP contribution is -3.00. The van der Waals surface area contributed by atoms with E-state index in [1.165, 1.54) is 8.99 Å². The van der Waals surface area contributed by atoms with Crippen LogP contribution in [0.5, 0.6) is 5.75 Å². The first kappa shape index (κ1) is 27.6. The van der Waals surface area contributed by atoms with Crippen LogP contribution in [0, 0.1) is 0 Å². The van der Waals surface area contributed by atoms with Crippen LogP contribution in [0.3, 0.4) is 0 Å². The number of hydrogen-bond acceptors (Lipinski definition) is 6. The van der Waals surface area contributed by atoms with Crippen LogP contribution in [0.15, 0.2) is 27.9 Å². The molecule has 0 atom stereocenters. The number of fused-ring (bicyclic) bond motifs is 1. The molecule has 35 heavy (non-hydrogen) atoms. The Morgan fingerprint density at radius 2 is 1.86 bits per heavy atom. The second-order valence-corrected chi connectivity index (χ2v) is 11.2. The molecule has 0 aliphatic carbocycles. The highest BCUT2D eigenvalue weighted by Crippen LogP contribution is 2.32. The Labute approximate surface area is 222 Å². The molecule has 1 aromatic carbocycles. The summed E-state index contributed by atoms with van der Waals surface area (Å²) in [5, 5.41) is 4.46. The predicted molar refractivity (Wildman–Crippen MR) is 130 cm³/mol. The smallest absolute Gasteiger partial charge is 0.277 e. The van der Waals surface area contributed by atoms with Crippen molar-refractivity contribution in [2.45, 2.75) is 31.6 Å². The highest BCUT2D eigenvalue weighted by molar-refractivity contribution is 7.89. The lowest BCUT2D eigenvalue weighted by molar-refractivity contribution is -0.893. The Morgan fingerprint density at radius 1 is 1.17 bits per heavy atom. The summed E-state index contributed by atoms with van der Waals surface area (Å²) in [6.07, 6.45) is 1.54. The zero-order valence-corrected chi connectivity index (χ0v) is 23.8. The van der Waals surface area contributed by atoms with Crippen molar-refractivity contribution in [2.75, 3.05) is 46.9 Å². The van der Waals surface area contributed by atoms with Crippen LogP contribution >= 0.6 is 0 Å². The van der Waals surface area contributed by atoms with Crippen LogP contribution in [0.25, 0.3) is 22.4 Å². The zero-order chi connectivity index (χ0) is 24.7. The number of likely N-dealkylation sites (N-methyl/N-ethyl adjacent to an activating group) is 1. The van der Waals surface area contributed by atoms with Gasteiger partial charge in [-0.1, -0.05) is 13.3 Å². The third-order valence-electron chi connectivity index (χ3n) is 6.30. The molecule has 1 fully saturated rings. The molecule has 12 heteroatoms. The van der Waals surface area contributed by atoms with Gasteiger partial charge in [-0.25, -0.2) is 13.4 Å². The first-order valence-corrected chi connectivity index (χ1v) is 13.1. The number of rotatable bonds is 7. The second-order valence-electron chi connectivity index (χ2n) is 9.31. The van der Waals surface area contributed by atoms with Crippen LogP contribution in [-0.4, -0.2) is 83.8 Å². The van der Waals surface area contributed by atoms with Gasteiger partial charge in [0, 0.05) is 7.05 Å². The van der Waals surface area contributed by atoms with Crippen LogP contribution < -0.4 is 34.3 Å². The van der Waals surface area contributed by atoms with E-state index in [1.807, 2.05) is 13.8 Å². The molecule has 3 heterocycles. The monoisotopic (exact) mass is 616 g/mol. The van der Waals surface area contributed by atoms with Gasteiger partial charge < -0.3 is 38.2 Å². The number of quaternary nitrogens is 1. The van der Waals surface area contributed by atoms with E-state index in [4.69, 9.17) is 9.72 Å². The highest BCUT2D eigenvalue weighted by Gasteiger charge is 2.33. The number of ether oxygens (including phenoxy) is 1. The second kappa shape index (κ2) is 10.5. The summed E-state index contributed by atoms with van der Waals surface area (Å²) >= 11 is 0. The van der Waals surface area contributed by atoms with E-state index in [2.05, 4.69) is 24.2 Å². The summed E-state index contributed by atoms with van der Waals surface area (Å²) in [4.78, 5) is 20.6. The Bertz CT molecular complexity index is 1370. The number of halogens is 1. The Morgan fingerprint density at radius 3 is 2.49 bits per heavy atom. The zero-order valence-electron chi connectivity index (χ0n) is 20.8. The molecule has 2 aromatic heterocycles. The Hall–Kier alpha value is -2.03. The molecule has 0 bridgehead atoms. The van der Waals surface area contributed by atoms with Crippen molar-refractivity contribution in [3.8, 4) is 17.1 Å². The molecule has 10 nitrogen and oxygen atoms in total. The summed E-state index contributed by atoms with van der Waals surface area (Å²) < 4.78 is 36.5. The number of nitrogens with zero attached hydrogens (tertiary/aromatic N) is 5. The predicted octanol–water partition coefficient (Wildman–Crippen LogP) is -1.24. The maximum Gasteiger partial charge on any atom is 0.277 e. The third kappa shape index (κ3) is 5.39. The van der Waals surface area contributed by atoms with Gasteiger partial charge in [-0.2, -0.15) is 9.40 Å². The molecule has 0 amide bonds. The van der Waals surface area contributed by atoms with E-state index in [-0.39, 0.29) is 40.3 Å². The quantitative estimate of drug-likeness (QED) is 0.263. The van der Waals surface area contributed by atoms with Gasteiger partial charge in [-0.3, -0.25) is 9.48 Å². The number of piperazine rings is 1. The molecular formula is C23H33IN6O4S. The van der Waals surface area contributed by atoms with Gasteiger partial charge in [-0.05, 0) is 31.5 Å². The van der Waals surface area contributed by atoms with Crippen LogP contribution in [0.2, 0.25) is 0 Å². The number of aromatic nitrogens is 4. The minimum atomic E-state index is -3.71. The van der Waals surface area contributed by atoms with Crippen molar-refractivity contribution in [1.29, 1.82) is 0 Å². The fourth-order valence-electron chi connectivity index (χ4n) is 4.29. The van der Waals surface area contributed by atoms with E-state index in [1.54, 1.807) is 25.2 Å². The van der Waals surface area contributed by atoms with Crippen molar-refractivity contribution >= 4 is 21.1 Å². The summed E-state index contributed by atoms with van der Waals surface area (Å²) in [5.41, 5.74) is 1.76. The van der Waals surface area contributed by atoms with Crippen molar-refractivity contribution in [1.82, 2.24) is 24.1 Å². The fraction of sp³-hybridized carbons (Fsp3) is 0.522. The van der Waals surface area contributed by atoms with Gasteiger partial charge in [0.15, 0.2) is 5.52 Å². The normalized spacial score (nSPS) is 16.3. The third-order valence-corrected chi connectivity index (χ3v) is 8.20. The molecule has 1 aliphatic rings. The fourth-order valence-corrected chi connectivity index (χ4v) is 5.74. The summed E-state index contributed by atoms with van der Waals surface area (Å²) in [7, 11) is 2.21. The van der Waals surface area contributed by atoms with Crippen molar-refractivity contribution in [3.63, 3.8) is 0 Å². The standard InChI is InChI=1S/C23H32N6O4S.HI/c1-6-8-18-20-21(27(3)26-18)23(30)25-22(24-20)17-15-16(9-10-19(17)33-7-2)34(31,32)28-11-13-29(4,5)14-12-28;/h9-10,15H,6-8,11-14H2,1-5H3;1H. The molecule has 1 aliphatic heterocycles. The van der Waals surface area contributed by atoms with E-state index >= 15 is 0 Å². The Kier molecular flexibility index (Phi) is 8.29. The molecule has 0 saturated carbocycles. The van der Waals surface area contributed by atoms with Crippen LogP contribution in [-0.2, 0) is 23.5 Å². The summed E-state index contributed by atoms with van der Waals surface area (Å²) in [5.74, 6) is 0.723. The van der Waals surface area contributed by atoms with Gasteiger partial charge in [-0.15, -0.1) is 0 Å². The molecule has 3 aromatic rings. The van der Waals surface area contributed by atoms with Crippen molar-refractivity contribution < 1.29 is 41.6 Å². The Balaban J connectivity index is 0.00000342. The van der Waals surface area contributed by atoms with Gasteiger partial charge >= 0.3 is 0 Å². The van der Waals surface area contributed by atoms with Gasteiger partial charge in [0.1, 0.15) is 17.1 Å². The largest absolute Gasteiger partial charge is 1.00 e. The molecule has 4 rings (SSSR count).